The van der Waals surface area contributed by atoms with E-state index in [-0.39, 0.29) is 11.3 Å². The molecule has 94 valence electrons. The van der Waals surface area contributed by atoms with E-state index < -0.39 is 6.04 Å². The third-order valence-corrected chi connectivity index (χ3v) is 2.95. The number of rotatable bonds is 2. The van der Waals surface area contributed by atoms with E-state index in [0.29, 0.717) is 15.7 Å². The second-order valence-corrected chi connectivity index (χ2v) is 5.80. The molecule has 3 nitrogen and oxygen atoms in total. The number of nitrogens with two attached hydrogens (primary N) is 1. The summed E-state index contributed by atoms with van der Waals surface area (Å²) in [4.78, 5) is 11.9. The Balaban J connectivity index is 2.82. The topological polar surface area (TPSA) is 55.1 Å². The van der Waals surface area contributed by atoms with Crippen molar-refractivity contribution in [3.63, 3.8) is 0 Å². The zero-order valence-corrected chi connectivity index (χ0v) is 11.6. The van der Waals surface area contributed by atoms with E-state index in [9.17, 15) is 4.79 Å². The third-order valence-electron chi connectivity index (χ3n) is 2.40. The molecular weight excluding hydrogens is 259 g/mol. The van der Waals surface area contributed by atoms with Crippen LogP contribution >= 0.6 is 23.2 Å². The number of hydrogen-bond acceptors (Lipinski definition) is 2. The van der Waals surface area contributed by atoms with Gasteiger partial charge < -0.3 is 11.1 Å². The molecule has 1 rings (SSSR count). The molecule has 1 atom stereocenters. The Labute approximate surface area is 111 Å². The van der Waals surface area contributed by atoms with Crippen LogP contribution in [0, 0.1) is 5.41 Å². The summed E-state index contributed by atoms with van der Waals surface area (Å²) in [5.41, 5.74) is 6.05. The number of anilines is 1. The molecule has 0 fully saturated rings. The zero-order valence-electron chi connectivity index (χ0n) is 10.1. The number of benzene rings is 1. The fraction of sp³-hybridized carbons (Fsp3) is 0.417. The maximum Gasteiger partial charge on any atom is 0.241 e. The molecule has 1 amide bonds. The first-order chi connectivity index (χ1) is 7.71. The zero-order chi connectivity index (χ0) is 13.2. The van der Waals surface area contributed by atoms with E-state index in [1.54, 1.807) is 18.2 Å². The number of carbonyl (C=O) groups is 1. The van der Waals surface area contributed by atoms with Crippen LogP contribution in [0.2, 0.25) is 10.0 Å². The van der Waals surface area contributed by atoms with E-state index in [1.807, 2.05) is 20.8 Å². The predicted molar refractivity (Wildman–Crippen MR) is 72.5 cm³/mol. The average Bonchev–Trinajstić information content (AvgIpc) is 2.19. The summed E-state index contributed by atoms with van der Waals surface area (Å²) < 4.78 is 0. The van der Waals surface area contributed by atoms with Gasteiger partial charge in [0, 0.05) is 5.02 Å². The Bertz CT molecular complexity index is 427. The van der Waals surface area contributed by atoms with Gasteiger partial charge >= 0.3 is 0 Å². The first-order valence-corrected chi connectivity index (χ1v) is 5.99. The lowest BCUT2D eigenvalue weighted by Crippen LogP contribution is -2.45. The van der Waals surface area contributed by atoms with Crippen LogP contribution in [0.15, 0.2) is 18.2 Å². The Morgan fingerprint density at radius 2 is 1.94 bits per heavy atom. The van der Waals surface area contributed by atoms with Gasteiger partial charge in [-0.1, -0.05) is 44.0 Å². The molecule has 1 aromatic carbocycles. The second kappa shape index (κ2) is 5.25. The third kappa shape index (κ3) is 3.87. The fourth-order valence-electron chi connectivity index (χ4n) is 1.19. The molecule has 0 spiro atoms. The maximum absolute atomic E-state index is 11.9. The molecule has 17 heavy (non-hydrogen) atoms. The van der Waals surface area contributed by atoms with Crippen LogP contribution < -0.4 is 11.1 Å². The van der Waals surface area contributed by atoms with Crippen molar-refractivity contribution in [2.45, 2.75) is 26.8 Å². The molecule has 0 heterocycles. The van der Waals surface area contributed by atoms with Crippen molar-refractivity contribution in [3.05, 3.63) is 28.2 Å². The number of halogens is 2. The molecule has 0 radical (unpaired) electrons. The molecule has 0 saturated heterocycles. The number of amides is 1. The van der Waals surface area contributed by atoms with Gasteiger partial charge in [0.25, 0.3) is 0 Å². The summed E-state index contributed by atoms with van der Waals surface area (Å²) in [5.74, 6) is -0.262. The van der Waals surface area contributed by atoms with Gasteiger partial charge in [-0.3, -0.25) is 4.79 Å². The first-order valence-electron chi connectivity index (χ1n) is 5.23. The van der Waals surface area contributed by atoms with Crippen LogP contribution in [-0.4, -0.2) is 11.9 Å². The Hall–Kier alpha value is -0.770. The van der Waals surface area contributed by atoms with Gasteiger partial charge in [0.15, 0.2) is 0 Å². The Kier molecular flexibility index (Phi) is 4.42. The summed E-state index contributed by atoms with van der Waals surface area (Å²) in [6, 6.07) is 4.28. The van der Waals surface area contributed by atoms with E-state index in [4.69, 9.17) is 28.9 Å². The van der Waals surface area contributed by atoms with Crippen molar-refractivity contribution in [2.75, 3.05) is 5.32 Å². The predicted octanol–water partition coefficient (Wildman–Crippen LogP) is 3.31. The number of nitrogens with one attached hydrogen (secondary N) is 1. The smallest absolute Gasteiger partial charge is 0.241 e. The molecule has 3 N–H and O–H groups in total. The van der Waals surface area contributed by atoms with Gasteiger partial charge in [0.1, 0.15) is 0 Å². The molecule has 0 aliphatic heterocycles. The van der Waals surface area contributed by atoms with Crippen molar-refractivity contribution in [1.82, 2.24) is 0 Å². The molecule has 1 aromatic rings. The van der Waals surface area contributed by atoms with E-state index in [1.165, 1.54) is 0 Å². The van der Waals surface area contributed by atoms with Gasteiger partial charge in [0.2, 0.25) is 5.91 Å². The summed E-state index contributed by atoms with van der Waals surface area (Å²) in [5, 5.41) is 3.61. The monoisotopic (exact) mass is 274 g/mol. The van der Waals surface area contributed by atoms with Crippen LogP contribution in [-0.2, 0) is 4.79 Å². The Morgan fingerprint density at radius 1 is 1.35 bits per heavy atom. The van der Waals surface area contributed by atoms with Crippen molar-refractivity contribution in [1.29, 1.82) is 0 Å². The van der Waals surface area contributed by atoms with Gasteiger partial charge in [-0.05, 0) is 23.6 Å². The fourth-order valence-corrected chi connectivity index (χ4v) is 1.65. The van der Waals surface area contributed by atoms with Crippen LogP contribution in [0.3, 0.4) is 0 Å². The SMILES string of the molecule is CC(C)(C)C(N)C(=O)Nc1ccc(Cl)cc1Cl. The highest BCUT2D eigenvalue weighted by Gasteiger charge is 2.27. The largest absolute Gasteiger partial charge is 0.323 e. The number of carbonyl (C=O) groups excluding carboxylic acids is 1. The average molecular weight is 275 g/mol. The molecule has 5 heteroatoms. The minimum Gasteiger partial charge on any atom is -0.323 e. The second-order valence-electron chi connectivity index (χ2n) is 4.96. The van der Waals surface area contributed by atoms with Crippen molar-refractivity contribution in [3.8, 4) is 0 Å². The highest BCUT2D eigenvalue weighted by Crippen LogP contribution is 2.26. The van der Waals surface area contributed by atoms with Gasteiger partial charge in [-0.2, -0.15) is 0 Å². The molecule has 0 aliphatic carbocycles. The van der Waals surface area contributed by atoms with E-state index >= 15 is 0 Å². The lowest BCUT2D eigenvalue weighted by molar-refractivity contribution is -0.119. The van der Waals surface area contributed by atoms with Crippen LogP contribution in [0.4, 0.5) is 5.69 Å². The van der Waals surface area contributed by atoms with Crippen molar-refractivity contribution in [2.24, 2.45) is 11.1 Å². The highest BCUT2D eigenvalue weighted by molar-refractivity contribution is 6.36. The molecule has 0 aromatic heterocycles. The first kappa shape index (κ1) is 14.3. The summed E-state index contributed by atoms with van der Waals surface area (Å²) in [6.07, 6.45) is 0. The van der Waals surface area contributed by atoms with E-state index in [0.717, 1.165) is 0 Å². The minimum absolute atomic E-state index is 0.262. The van der Waals surface area contributed by atoms with Crippen molar-refractivity contribution < 1.29 is 4.79 Å². The maximum atomic E-state index is 11.9. The highest BCUT2D eigenvalue weighted by atomic mass is 35.5. The summed E-state index contributed by atoms with van der Waals surface area (Å²) in [6.45, 7) is 5.71. The van der Waals surface area contributed by atoms with Gasteiger partial charge in [-0.15, -0.1) is 0 Å². The molecule has 0 aliphatic rings. The van der Waals surface area contributed by atoms with Gasteiger partial charge in [-0.25, -0.2) is 0 Å². The molecular formula is C12H16Cl2N2O. The van der Waals surface area contributed by atoms with Crippen LogP contribution in [0.5, 0.6) is 0 Å². The number of hydrogen-bond donors (Lipinski definition) is 2. The Morgan fingerprint density at radius 3 is 2.41 bits per heavy atom. The minimum atomic E-state index is -0.603. The molecule has 1 unspecified atom stereocenters. The van der Waals surface area contributed by atoms with Gasteiger partial charge in [0.05, 0.1) is 16.8 Å². The van der Waals surface area contributed by atoms with Crippen LogP contribution in [0.1, 0.15) is 20.8 Å². The van der Waals surface area contributed by atoms with Crippen molar-refractivity contribution >= 4 is 34.8 Å². The summed E-state index contributed by atoms with van der Waals surface area (Å²) in [7, 11) is 0. The van der Waals surface area contributed by atoms with E-state index in [2.05, 4.69) is 5.32 Å². The molecule has 0 saturated carbocycles. The summed E-state index contributed by atoms with van der Waals surface area (Å²) >= 11 is 11.7. The standard InChI is InChI=1S/C12H16Cl2N2O/c1-12(2,3)10(15)11(17)16-9-5-4-7(13)6-8(9)14/h4-6,10H,15H2,1-3H3,(H,16,17). The lowest BCUT2D eigenvalue weighted by Gasteiger charge is -2.26. The molecule has 0 bridgehead atoms. The normalized spacial score (nSPS) is 13.3. The quantitative estimate of drug-likeness (QED) is 0.870. The lowest BCUT2D eigenvalue weighted by atomic mass is 9.87. The van der Waals surface area contributed by atoms with Crippen LogP contribution in [0.25, 0.3) is 0 Å².